The summed E-state index contributed by atoms with van der Waals surface area (Å²) in [5.41, 5.74) is 0.604. The maximum atomic E-state index is 12.0. The Morgan fingerprint density at radius 2 is 2.06 bits per heavy atom. The van der Waals surface area contributed by atoms with Crippen molar-refractivity contribution in [2.45, 2.75) is 6.92 Å². The zero-order valence-electron chi connectivity index (χ0n) is 9.21. The summed E-state index contributed by atoms with van der Waals surface area (Å²) in [7, 11) is 0. The van der Waals surface area contributed by atoms with Crippen molar-refractivity contribution in [3.63, 3.8) is 0 Å². The van der Waals surface area contributed by atoms with Crippen LogP contribution >= 0.6 is 0 Å². The predicted octanol–water partition coefficient (Wildman–Crippen LogP) is 1.85. The van der Waals surface area contributed by atoms with Crippen molar-refractivity contribution >= 4 is 17.4 Å². The van der Waals surface area contributed by atoms with E-state index in [2.05, 4.69) is 4.99 Å². The Morgan fingerprint density at radius 3 is 2.65 bits per heavy atom. The van der Waals surface area contributed by atoms with Crippen LogP contribution in [0.1, 0.15) is 6.92 Å². The van der Waals surface area contributed by atoms with E-state index in [1.165, 1.54) is 4.90 Å². The predicted molar refractivity (Wildman–Crippen MR) is 65.5 cm³/mol. The minimum absolute atomic E-state index is 0.0890. The van der Waals surface area contributed by atoms with Gasteiger partial charge in [-0.05, 0) is 25.0 Å². The third-order valence-corrected chi connectivity index (χ3v) is 2.38. The first-order valence-corrected chi connectivity index (χ1v) is 5.00. The molecule has 1 heterocycles. The van der Waals surface area contributed by atoms with Gasteiger partial charge in [-0.25, -0.2) is 4.99 Å². The van der Waals surface area contributed by atoms with Gasteiger partial charge in [-0.2, -0.15) is 0 Å². The molecule has 0 spiro atoms. The lowest BCUT2D eigenvalue weighted by atomic mass is 10.2. The number of terminal acetylenes is 1. The lowest BCUT2D eigenvalue weighted by Gasteiger charge is -2.15. The highest BCUT2D eigenvalue weighted by Gasteiger charge is 2.31. The number of para-hydroxylation sites is 1. The second-order valence-corrected chi connectivity index (χ2v) is 3.48. The highest BCUT2D eigenvalue weighted by molar-refractivity contribution is 6.27. The standard InChI is InChI=1S/C13H10N2O2/c1-3-11(16)12-13(17)15(9(2)14-12)10-7-5-4-6-8-10/h1,4-8,16H,2H3/b12-11+. The topological polar surface area (TPSA) is 52.9 Å². The van der Waals surface area contributed by atoms with E-state index in [9.17, 15) is 9.90 Å². The summed E-state index contributed by atoms with van der Waals surface area (Å²) in [6.07, 6.45) is 5.05. The number of carbonyl (C=O) groups excluding carboxylic acids is 1. The molecule has 1 aromatic carbocycles. The van der Waals surface area contributed by atoms with Crippen LogP contribution in [-0.2, 0) is 4.79 Å². The number of aliphatic hydroxyl groups excluding tert-OH is 1. The molecule has 0 saturated heterocycles. The Morgan fingerprint density at radius 1 is 1.41 bits per heavy atom. The van der Waals surface area contributed by atoms with Gasteiger partial charge >= 0.3 is 0 Å². The summed E-state index contributed by atoms with van der Waals surface area (Å²) >= 11 is 0. The molecule has 0 bridgehead atoms. The molecule has 2 rings (SSSR count). The summed E-state index contributed by atoms with van der Waals surface area (Å²) in [5, 5.41) is 9.40. The van der Waals surface area contributed by atoms with Crippen LogP contribution in [0.4, 0.5) is 5.69 Å². The summed E-state index contributed by atoms with van der Waals surface area (Å²) in [6, 6.07) is 9.06. The van der Waals surface area contributed by atoms with Crippen LogP contribution in [0.5, 0.6) is 0 Å². The van der Waals surface area contributed by atoms with Crippen LogP contribution in [0.3, 0.4) is 0 Å². The van der Waals surface area contributed by atoms with Crippen molar-refractivity contribution in [1.82, 2.24) is 0 Å². The van der Waals surface area contributed by atoms with Crippen LogP contribution in [0.25, 0.3) is 0 Å². The van der Waals surface area contributed by atoms with Crippen LogP contribution in [0.15, 0.2) is 46.8 Å². The molecular weight excluding hydrogens is 216 g/mol. The van der Waals surface area contributed by atoms with Crippen molar-refractivity contribution in [1.29, 1.82) is 0 Å². The van der Waals surface area contributed by atoms with E-state index in [1.54, 1.807) is 19.1 Å². The van der Waals surface area contributed by atoms with E-state index < -0.39 is 11.7 Å². The van der Waals surface area contributed by atoms with Gasteiger partial charge in [0.2, 0.25) is 0 Å². The number of nitrogens with zero attached hydrogens (tertiary/aromatic N) is 2. The van der Waals surface area contributed by atoms with Gasteiger partial charge in [-0.3, -0.25) is 9.69 Å². The van der Waals surface area contributed by atoms with Crippen LogP contribution in [0, 0.1) is 12.3 Å². The fourth-order valence-electron chi connectivity index (χ4n) is 1.62. The molecule has 1 aromatic rings. The largest absolute Gasteiger partial charge is 0.499 e. The number of carbonyl (C=O) groups is 1. The van der Waals surface area contributed by atoms with Gasteiger partial charge in [-0.1, -0.05) is 18.2 Å². The minimum Gasteiger partial charge on any atom is -0.499 e. The van der Waals surface area contributed by atoms with E-state index in [-0.39, 0.29) is 5.70 Å². The molecule has 0 unspecified atom stereocenters. The van der Waals surface area contributed by atoms with E-state index in [4.69, 9.17) is 6.42 Å². The molecule has 1 N–H and O–H groups in total. The number of aliphatic imine (C=N–C) groups is 1. The third kappa shape index (κ3) is 1.79. The summed E-state index contributed by atoms with van der Waals surface area (Å²) in [4.78, 5) is 17.4. The van der Waals surface area contributed by atoms with Crippen molar-refractivity contribution in [3.8, 4) is 12.3 Å². The second-order valence-electron chi connectivity index (χ2n) is 3.48. The number of aliphatic hydroxyl groups is 1. The Hall–Kier alpha value is -2.54. The fraction of sp³-hybridized carbons (Fsp3) is 0.0769. The number of amides is 1. The first kappa shape index (κ1) is 11.0. The molecule has 1 aliphatic heterocycles. The van der Waals surface area contributed by atoms with Gasteiger partial charge in [0, 0.05) is 0 Å². The maximum absolute atomic E-state index is 12.0. The summed E-state index contributed by atoms with van der Waals surface area (Å²) in [5.74, 6) is 1.64. The van der Waals surface area contributed by atoms with Crippen molar-refractivity contribution in [2.24, 2.45) is 4.99 Å². The Labute approximate surface area is 98.9 Å². The van der Waals surface area contributed by atoms with Gasteiger partial charge in [0.25, 0.3) is 5.91 Å². The van der Waals surface area contributed by atoms with Crippen LogP contribution < -0.4 is 4.90 Å². The third-order valence-electron chi connectivity index (χ3n) is 2.38. The summed E-state index contributed by atoms with van der Waals surface area (Å²) in [6.45, 7) is 1.68. The number of allylic oxidation sites excluding steroid dienone is 1. The number of rotatable bonds is 1. The molecule has 0 aliphatic carbocycles. The Kier molecular flexibility index (Phi) is 2.67. The first-order valence-electron chi connectivity index (χ1n) is 5.00. The molecule has 84 valence electrons. The molecule has 1 amide bonds. The Balaban J connectivity index is 2.47. The molecule has 0 aromatic heterocycles. The van der Waals surface area contributed by atoms with E-state index in [0.717, 1.165) is 0 Å². The molecule has 4 nitrogen and oxygen atoms in total. The molecule has 4 heteroatoms. The van der Waals surface area contributed by atoms with Gasteiger partial charge < -0.3 is 5.11 Å². The molecule has 17 heavy (non-hydrogen) atoms. The normalized spacial score (nSPS) is 17.8. The van der Waals surface area contributed by atoms with Gasteiger partial charge in [-0.15, -0.1) is 6.42 Å². The highest BCUT2D eigenvalue weighted by Crippen LogP contribution is 2.24. The lowest BCUT2D eigenvalue weighted by molar-refractivity contribution is -0.114. The van der Waals surface area contributed by atoms with Crippen molar-refractivity contribution < 1.29 is 9.90 Å². The molecule has 0 fully saturated rings. The van der Waals surface area contributed by atoms with Crippen LogP contribution in [-0.4, -0.2) is 16.8 Å². The molecule has 1 aliphatic rings. The van der Waals surface area contributed by atoms with E-state index in [0.29, 0.717) is 11.5 Å². The number of hydrogen-bond donors (Lipinski definition) is 1. The minimum atomic E-state index is -0.437. The second kappa shape index (κ2) is 4.14. The quantitative estimate of drug-likeness (QED) is 0.451. The maximum Gasteiger partial charge on any atom is 0.287 e. The van der Waals surface area contributed by atoms with Gasteiger partial charge in [0.15, 0.2) is 11.5 Å². The number of hydrogen-bond acceptors (Lipinski definition) is 3. The molecule has 0 radical (unpaired) electrons. The fourth-order valence-corrected chi connectivity index (χ4v) is 1.62. The number of anilines is 1. The molecular formula is C13H10N2O2. The van der Waals surface area contributed by atoms with Gasteiger partial charge in [0.1, 0.15) is 5.84 Å². The Bertz CT molecular complexity index is 565. The SMILES string of the molecule is C#C/C(O)=C1\N=C(C)N(c2ccccc2)C1=O. The molecule has 0 saturated carbocycles. The van der Waals surface area contributed by atoms with Crippen molar-refractivity contribution in [2.75, 3.05) is 4.90 Å². The highest BCUT2D eigenvalue weighted by atomic mass is 16.3. The van der Waals surface area contributed by atoms with Crippen LogP contribution in [0.2, 0.25) is 0 Å². The van der Waals surface area contributed by atoms with Crippen molar-refractivity contribution in [3.05, 3.63) is 41.8 Å². The van der Waals surface area contributed by atoms with E-state index >= 15 is 0 Å². The zero-order valence-corrected chi connectivity index (χ0v) is 9.21. The first-order chi connectivity index (χ1) is 8.15. The molecule has 0 atom stereocenters. The smallest absolute Gasteiger partial charge is 0.287 e. The average molecular weight is 226 g/mol. The lowest BCUT2D eigenvalue weighted by Crippen LogP contribution is -2.30. The van der Waals surface area contributed by atoms with E-state index in [1.807, 2.05) is 24.1 Å². The number of benzene rings is 1. The van der Waals surface area contributed by atoms with Gasteiger partial charge in [0.05, 0.1) is 5.69 Å². The number of amidine groups is 1. The monoisotopic (exact) mass is 226 g/mol. The average Bonchev–Trinajstić information content (AvgIpc) is 2.65. The summed E-state index contributed by atoms with van der Waals surface area (Å²) < 4.78 is 0. The zero-order chi connectivity index (χ0) is 12.4.